The number of rotatable bonds is 5. The molecule has 0 aromatic rings. The van der Waals surface area contributed by atoms with E-state index < -0.39 is 36.1 Å². The van der Waals surface area contributed by atoms with Gasteiger partial charge in [-0.25, -0.2) is 4.39 Å². The topological polar surface area (TPSA) is 61.8 Å². The zero-order valence-electron chi connectivity index (χ0n) is 11.6. The zero-order valence-corrected chi connectivity index (χ0v) is 11.6. The maximum absolute atomic E-state index is 13.8. The van der Waals surface area contributed by atoms with Crippen LogP contribution >= 0.6 is 0 Å². The summed E-state index contributed by atoms with van der Waals surface area (Å²) in [6.07, 6.45) is -1.88. The Morgan fingerprint density at radius 3 is 1.95 bits per heavy atom. The van der Waals surface area contributed by atoms with Crippen LogP contribution in [0.2, 0.25) is 0 Å². The van der Waals surface area contributed by atoms with Crippen LogP contribution in [0.3, 0.4) is 0 Å². The summed E-state index contributed by atoms with van der Waals surface area (Å²) in [5.74, 6) is -2.52. The lowest BCUT2D eigenvalue weighted by Gasteiger charge is -2.34. The average Bonchev–Trinajstić information content (AvgIpc) is 2.38. The van der Waals surface area contributed by atoms with E-state index in [4.69, 9.17) is 14.2 Å². The van der Waals surface area contributed by atoms with Gasteiger partial charge in [0.25, 0.3) is 0 Å². The minimum Gasteiger partial charge on any atom is -0.466 e. The van der Waals surface area contributed by atoms with E-state index in [9.17, 15) is 14.0 Å². The summed E-state index contributed by atoms with van der Waals surface area (Å²) in [5.41, 5.74) is 0. The number of ether oxygens (including phenoxy) is 3. The minimum absolute atomic E-state index is 0.0686. The van der Waals surface area contributed by atoms with Crippen molar-refractivity contribution in [1.29, 1.82) is 0 Å². The fourth-order valence-corrected chi connectivity index (χ4v) is 2.38. The standard InChI is InChI=1S/C13H21FO5/c1-4-18-12(15)8-6-10(14)11(17-3)7-9(8)13(16)19-5-2/h8-11H,4-7H2,1-3H3. The molecule has 0 saturated heterocycles. The first kappa shape index (κ1) is 15.9. The summed E-state index contributed by atoms with van der Waals surface area (Å²) in [5, 5.41) is 0. The number of hydrogen-bond acceptors (Lipinski definition) is 5. The Kier molecular flexibility index (Phi) is 6.21. The molecule has 4 atom stereocenters. The van der Waals surface area contributed by atoms with Crippen molar-refractivity contribution in [2.24, 2.45) is 11.8 Å². The van der Waals surface area contributed by atoms with Crippen LogP contribution in [0.1, 0.15) is 26.7 Å². The molecule has 5 nitrogen and oxygen atoms in total. The summed E-state index contributed by atoms with van der Waals surface area (Å²) < 4.78 is 28.7. The van der Waals surface area contributed by atoms with E-state index in [0.29, 0.717) is 0 Å². The lowest BCUT2D eigenvalue weighted by atomic mass is 9.77. The maximum atomic E-state index is 13.8. The van der Waals surface area contributed by atoms with Crippen molar-refractivity contribution >= 4 is 11.9 Å². The van der Waals surface area contributed by atoms with Gasteiger partial charge in [-0.15, -0.1) is 0 Å². The first-order valence-corrected chi connectivity index (χ1v) is 6.55. The Balaban J connectivity index is 2.83. The van der Waals surface area contributed by atoms with Crippen molar-refractivity contribution in [3.63, 3.8) is 0 Å². The fraction of sp³-hybridized carbons (Fsp3) is 0.846. The van der Waals surface area contributed by atoms with Crippen LogP contribution < -0.4 is 0 Å². The summed E-state index contributed by atoms with van der Waals surface area (Å²) in [4.78, 5) is 23.7. The molecule has 0 amide bonds. The van der Waals surface area contributed by atoms with Gasteiger partial charge in [0.05, 0.1) is 31.2 Å². The molecule has 0 bridgehead atoms. The van der Waals surface area contributed by atoms with Gasteiger partial charge in [0.15, 0.2) is 0 Å². The predicted molar refractivity (Wildman–Crippen MR) is 65.2 cm³/mol. The molecule has 0 spiro atoms. The molecule has 0 aliphatic heterocycles. The number of hydrogen-bond donors (Lipinski definition) is 0. The lowest BCUT2D eigenvalue weighted by molar-refractivity contribution is -0.167. The zero-order chi connectivity index (χ0) is 14.4. The summed E-state index contributed by atoms with van der Waals surface area (Å²) in [6.45, 7) is 3.79. The Morgan fingerprint density at radius 2 is 1.53 bits per heavy atom. The van der Waals surface area contributed by atoms with Gasteiger partial charge in [0.1, 0.15) is 6.17 Å². The fourth-order valence-electron chi connectivity index (χ4n) is 2.38. The molecular weight excluding hydrogens is 255 g/mol. The first-order chi connectivity index (χ1) is 9.04. The molecule has 0 aromatic carbocycles. The third-order valence-electron chi connectivity index (χ3n) is 3.34. The monoisotopic (exact) mass is 276 g/mol. The van der Waals surface area contributed by atoms with Gasteiger partial charge in [0, 0.05) is 7.11 Å². The second-order valence-electron chi connectivity index (χ2n) is 4.48. The number of methoxy groups -OCH3 is 1. The lowest BCUT2D eigenvalue weighted by Crippen LogP contribution is -2.45. The normalized spacial score (nSPS) is 30.7. The quantitative estimate of drug-likeness (QED) is 0.712. The van der Waals surface area contributed by atoms with Crippen LogP contribution in [0.15, 0.2) is 0 Å². The first-order valence-electron chi connectivity index (χ1n) is 6.55. The predicted octanol–water partition coefficient (Wildman–Crippen LogP) is 1.49. The van der Waals surface area contributed by atoms with Crippen molar-refractivity contribution < 1.29 is 28.2 Å². The average molecular weight is 276 g/mol. The highest BCUT2D eigenvalue weighted by molar-refractivity contribution is 5.82. The van der Waals surface area contributed by atoms with Gasteiger partial charge in [-0.3, -0.25) is 9.59 Å². The highest BCUT2D eigenvalue weighted by Gasteiger charge is 2.45. The van der Waals surface area contributed by atoms with Gasteiger partial charge in [-0.1, -0.05) is 0 Å². The molecule has 1 aliphatic carbocycles. The van der Waals surface area contributed by atoms with E-state index in [0.717, 1.165) is 0 Å². The molecule has 4 unspecified atom stereocenters. The molecule has 6 heteroatoms. The molecule has 0 aromatic heterocycles. The third kappa shape index (κ3) is 3.89. The van der Waals surface area contributed by atoms with E-state index >= 15 is 0 Å². The number of esters is 2. The summed E-state index contributed by atoms with van der Waals surface area (Å²) in [7, 11) is 1.39. The number of alkyl halides is 1. The molecular formula is C13H21FO5. The molecule has 110 valence electrons. The van der Waals surface area contributed by atoms with Crippen molar-refractivity contribution in [2.75, 3.05) is 20.3 Å². The largest absolute Gasteiger partial charge is 0.466 e. The van der Waals surface area contributed by atoms with Gasteiger partial charge in [0.2, 0.25) is 0 Å². The highest BCUT2D eigenvalue weighted by atomic mass is 19.1. The van der Waals surface area contributed by atoms with E-state index in [-0.39, 0.29) is 26.1 Å². The highest BCUT2D eigenvalue weighted by Crippen LogP contribution is 2.35. The Bertz CT molecular complexity index is 320. The second-order valence-corrected chi connectivity index (χ2v) is 4.48. The van der Waals surface area contributed by atoms with Crippen molar-refractivity contribution in [3.8, 4) is 0 Å². The van der Waals surface area contributed by atoms with Gasteiger partial charge < -0.3 is 14.2 Å². The van der Waals surface area contributed by atoms with E-state index in [1.54, 1.807) is 13.8 Å². The smallest absolute Gasteiger partial charge is 0.309 e. The van der Waals surface area contributed by atoms with Crippen LogP contribution in [0.25, 0.3) is 0 Å². The molecule has 19 heavy (non-hydrogen) atoms. The van der Waals surface area contributed by atoms with Gasteiger partial charge in [-0.2, -0.15) is 0 Å². The SMILES string of the molecule is CCOC(=O)C1CC(F)C(OC)CC1C(=O)OCC. The molecule has 1 aliphatic rings. The molecule has 1 rings (SSSR count). The van der Waals surface area contributed by atoms with Crippen molar-refractivity contribution in [2.45, 2.75) is 39.0 Å². The number of carbonyl (C=O) groups is 2. The third-order valence-corrected chi connectivity index (χ3v) is 3.34. The minimum atomic E-state index is -1.27. The van der Waals surface area contributed by atoms with Crippen LogP contribution in [-0.4, -0.2) is 44.5 Å². The van der Waals surface area contributed by atoms with Crippen LogP contribution in [0.5, 0.6) is 0 Å². The van der Waals surface area contributed by atoms with Crippen LogP contribution in [0.4, 0.5) is 4.39 Å². The Hall–Kier alpha value is -1.17. The second kappa shape index (κ2) is 7.43. The van der Waals surface area contributed by atoms with E-state index in [1.807, 2.05) is 0 Å². The number of halogens is 1. The molecule has 1 saturated carbocycles. The maximum Gasteiger partial charge on any atom is 0.309 e. The van der Waals surface area contributed by atoms with E-state index in [1.165, 1.54) is 7.11 Å². The van der Waals surface area contributed by atoms with Crippen LogP contribution in [0, 0.1) is 11.8 Å². The van der Waals surface area contributed by atoms with Gasteiger partial charge in [-0.05, 0) is 26.7 Å². The molecule has 0 radical (unpaired) electrons. The van der Waals surface area contributed by atoms with E-state index in [2.05, 4.69) is 0 Å². The summed E-state index contributed by atoms with van der Waals surface area (Å²) >= 11 is 0. The molecule has 0 heterocycles. The molecule has 0 N–H and O–H groups in total. The van der Waals surface area contributed by atoms with Gasteiger partial charge >= 0.3 is 11.9 Å². The Labute approximate surface area is 112 Å². The van der Waals surface area contributed by atoms with Crippen molar-refractivity contribution in [1.82, 2.24) is 0 Å². The van der Waals surface area contributed by atoms with Crippen molar-refractivity contribution in [3.05, 3.63) is 0 Å². The number of carbonyl (C=O) groups excluding carboxylic acids is 2. The summed E-state index contributed by atoms with van der Waals surface area (Å²) in [6, 6.07) is 0. The van der Waals surface area contributed by atoms with Crippen LogP contribution in [-0.2, 0) is 23.8 Å². The molecule has 1 fully saturated rings. The Morgan fingerprint density at radius 1 is 1.05 bits per heavy atom.